The number of nitrogen functional groups attached to an aromatic ring is 1. The number of nitrogens with one attached hydrogen (secondary N) is 1. The van der Waals surface area contributed by atoms with E-state index in [1.54, 1.807) is 0 Å². The van der Waals surface area contributed by atoms with Crippen LogP contribution in [0.15, 0.2) is 34.9 Å². The number of rotatable bonds is 7. The van der Waals surface area contributed by atoms with Crippen molar-refractivity contribution >= 4 is 11.9 Å². The molecule has 1 aromatic carbocycles. The van der Waals surface area contributed by atoms with E-state index in [-0.39, 0.29) is 18.4 Å². The maximum atomic E-state index is 11.7. The summed E-state index contributed by atoms with van der Waals surface area (Å²) in [6.45, 7) is 0.329. The van der Waals surface area contributed by atoms with Gasteiger partial charge in [-0.25, -0.2) is 4.68 Å². The first-order chi connectivity index (χ1) is 11.7. The molecular weight excluding hydrogens is 312 g/mol. The van der Waals surface area contributed by atoms with Crippen LogP contribution >= 0.6 is 0 Å². The predicted molar refractivity (Wildman–Crippen MR) is 82.5 cm³/mol. The standard InChI is InChI=1S/C14H16N8O2/c15-14-18-20-21-22(14)9-12(23)16-7-6-13-17-11(19-24-13)8-10-4-2-1-3-5-10/h1-5H,6-9H2,(H,16,23)(H2,15,18,21). The van der Waals surface area contributed by atoms with Crippen LogP contribution in [0.3, 0.4) is 0 Å². The van der Waals surface area contributed by atoms with Gasteiger partial charge in [0.25, 0.3) is 0 Å². The van der Waals surface area contributed by atoms with E-state index in [9.17, 15) is 4.79 Å². The molecule has 0 spiro atoms. The third-order valence-corrected chi connectivity index (χ3v) is 3.23. The van der Waals surface area contributed by atoms with Crippen LogP contribution in [0.25, 0.3) is 0 Å². The Kier molecular flexibility index (Phi) is 4.75. The molecule has 2 heterocycles. The van der Waals surface area contributed by atoms with Gasteiger partial charge in [-0.15, -0.1) is 0 Å². The minimum absolute atomic E-state index is 0.0398. The Bertz CT molecular complexity index is 798. The molecule has 0 saturated carbocycles. The van der Waals surface area contributed by atoms with Crippen LogP contribution in [0, 0.1) is 0 Å². The van der Waals surface area contributed by atoms with Crippen molar-refractivity contribution in [2.45, 2.75) is 19.4 Å². The van der Waals surface area contributed by atoms with Gasteiger partial charge in [-0.2, -0.15) is 4.98 Å². The van der Waals surface area contributed by atoms with Crippen LogP contribution in [0.5, 0.6) is 0 Å². The molecule has 0 aliphatic carbocycles. The average molecular weight is 328 g/mol. The summed E-state index contributed by atoms with van der Waals surface area (Å²) < 4.78 is 6.38. The van der Waals surface area contributed by atoms with Crippen LogP contribution < -0.4 is 11.1 Å². The van der Waals surface area contributed by atoms with Gasteiger partial charge in [0.1, 0.15) is 6.54 Å². The quantitative estimate of drug-likeness (QED) is 0.597. The van der Waals surface area contributed by atoms with Crippen molar-refractivity contribution in [1.29, 1.82) is 0 Å². The lowest BCUT2D eigenvalue weighted by Gasteiger charge is -2.03. The second-order valence-corrected chi connectivity index (χ2v) is 5.06. The number of hydrogen-bond acceptors (Lipinski definition) is 8. The van der Waals surface area contributed by atoms with Crippen LogP contribution in [0.2, 0.25) is 0 Å². The summed E-state index contributed by atoms with van der Waals surface area (Å²) in [6.07, 6.45) is 1.05. The molecule has 0 unspecified atom stereocenters. The molecule has 3 N–H and O–H groups in total. The lowest BCUT2D eigenvalue weighted by Crippen LogP contribution is -2.30. The Hall–Kier alpha value is -3.30. The molecule has 1 amide bonds. The number of anilines is 1. The lowest BCUT2D eigenvalue weighted by atomic mass is 10.1. The van der Waals surface area contributed by atoms with Crippen molar-refractivity contribution in [3.63, 3.8) is 0 Å². The first kappa shape index (κ1) is 15.6. The highest BCUT2D eigenvalue weighted by Crippen LogP contribution is 2.06. The van der Waals surface area contributed by atoms with Crippen molar-refractivity contribution in [2.24, 2.45) is 0 Å². The largest absolute Gasteiger partial charge is 0.367 e. The third kappa shape index (κ3) is 4.12. The zero-order chi connectivity index (χ0) is 16.8. The summed E-state index contributed by atoms with van der Waals surface area (Å²) in [5.41, 5.74) is 6.60. The minimum atomic E-state index is -0.252. The molecule has 24 heavy (non-hydrogen) atoms. The highest BCUT2D eigenvalue weighted by Gasteiger charge is 2.10. The van der Waals surface area contributed by atoms with Crippen LogP contribution in [0.1, 0.15) is 17.3 Å². The van der Waals surface area contributed by atoms with E-state index in [2.05, 4.69) is 31.0 Å². The monoisotopic (exact) mass is 328 g/mol. The number of tetrazole rings is 1. The molecular formula is C14H16N8O2. The number of hydrogen-bond donors (Lipinski definition) is 2. The number of carbonyl (C=O) groups excluding carboxylic acids is 1. The molecule has 124 valence electrons. The molecule has 0 bridgehead atoms. The Labute approximate surface area is 137 Å². The summed E-state index contributed by atoms with van der Waals surface area (Å²) in [6, 6.07) is 9.88. The number of nitrogens with two attached hydrogens (primary N) is 1. The summed E-state index contributed by atoms with van der Waals surface area (Å²) in [5, 5.41) is 17.1. The van der Waals surface area contributed by atoms with Gasteiger partial charge in [-0.1, -0.05) is 40.6 Å². The minimum Gasteiger partial charge on any atom is -0.367 e. The Balaban J connectivity index is 1.44. The second-order valence-electron chi connectivity index (χ2n) is 5.06. The number of nitrogens with zero attached hydrogens (tertiary/aromatic N) is 6. The molecule has 0 saturated heterocycles. The van der Waals surface area contributed by atoms with Gasteiger partial charge < -0.3 is 15.6 Å². The van der Waals surface area contributed by atoms with Crippen molar-refractivity contribution in [2.75, 3.05) is 12.3 Å². The van der Waals surface area contributed by atoms with E-state index in [0.717, 1.165) is 5.56 Å². The molecule has 0 radical (unpaired) electrons. The Morgan fingerprint density at radius 1 is 1.29 bits per heavy atom. The number of amides is 1. The Morgan fingerprint density at radius 3 is 2.88 bits per heavy atom. The maximum absolute atomic E-state index is 11.7. The number of benzene rings is 1. The first-order valence-corrected chi connectivity index (χ1v) is 7.34. The van der Waals surface area contributed by atoms with Crippen LogP contribution in [0.4, 0.5) is 5.95 Å². The summed E-state index contributed by atoms with van der Waals surface area (Å²) in [4.78, 5) is 16.1. The molecule has 3 rings (SSSR count). The highest BCUT2D eigenvalue weighted by molar-refractivity contribution is 5.75. The van der Waals surface area contributed by atoms with Crippen LogP contribution in [-0.2, 0) is 24.2 Å². The van der Waals surface area contributed by atoms with E-state index in [1.807, 2.05) is 30.3 Å². The summed E-state index contributed by atoms with van der Waals surface area (Å²) in [7, 11) is 0. The fourth-order valence-corrected chi connectivity index (χ4v) is 2.07. The smallest absolute Gasteiger partial charge is 0.241 e. The van der Waals surface area contributed by atoms with Crippen molar-refractivity contribution in [3.8, 4) is 0 Å². The molecule has 0 aliphatic rings. The molecule has 0 aliphatic heterocycles. The van der Waals surface area contributed by atoms with Gasteiger partial charge in [-0.05, 0) is 16.0 Å². The lowest BCUT2D eigenvalue weighted by molar-refractivity contribution is -0.121. The average Bonchev–Trinajstić information content (AvgIpc) is 3.18. The van der Waals surface area contributed by atoms with Gasteiger partial charge in [0, 0.05) is 19.4 Å². The van der Waals surface area contributed by atoms with E-state index < -0.39 is 0 Å². The molecule has 3 aromatic rings. The van der Waals surface area contributed by atoms with Crippen molar-refractivity contribution in [1.82, 2.24) is 35.7 Å². The molecule has 0 atom stereocenters. The zero-order valence-corrected chi connectivity index (χ0v) is 12.8. The van der Waals surface area contributed by atoms with Crippen molar-refractivity contribution in [3.05, 3.63) is 47.6 Å². The highest BCUT2D eigenvalue weighted by atomic mass is 16.5. The molecule has 0 fully saturated rings. The van der Waals surface area contributed by atoms with Gasteiger partial charge in [0.2, 0.25) is 17.7 Å². The van der Waals surface area contributed by atoms with Gasteiger partial charge >= 0.3 is 0 Å². The van der Waals surface area contributed by atoms with E-state index in [1.165, 1.54) is 4.68 Å². The number of aromatic nitrogens is 6. The van der Waals surface area contributed by atoms with Gasteiger partial charge in [-0.3, -0.25) is 4.79 Å². The molecule has 10 heteroatoms. The summed E-state index contributed by atoms with van der Waals surface area (Å²) in [5.74, 6) is 0.929. The predicted octanol–water partition coefficient (Wildman–Crippen LogP) is -0.412. The number of carbonyl (C=O) groups is 1. The fraction of sp³-hybridized carbons (Fsp3) is 0.286. The first-order valence-electron chi connectivity index (χ1n) is 7.34. The fourth-order valence-electron chi connectivity index (χ4n) is 2.07. The maximum Gasteiger partial charge on any atom is 0.241 e. The van der Waals surface area contributed by atoms with Gasteiger partial charge in [0.05, 0.1) is 0 Å². The Morgan fingerprint density at radius 2 is 2.12 bits per heavy atom. The van der Waals surface area contributed by atoms with Crippen LogP contribution in [-0.4, -0.2) is 42.8 Å². The van der Waals surface area contributed by atoms with E-state index in [0.29, 0.717) is 31.1 Å². The molecule has 10 nitrogen and oxygen atoms in total. The second kappa shape index (κ2) is 7.31. The third-order valence-electron chi connectivity index (χ3n) is 3.23. The topological polar surface area (TPSA) is 138 Å². The molecule has 2 aromatic heterocycles. The SMILES string of the molecule is Nc1nnnn1CC(=O)NCCc1nc(Cc2ccccc2)no1. The zero-order valence-electron chi connectivity index (χ0n) is 12.8. The van der Waals surface area contributed by atoms with E-state index >= 15 is 0 Å². The normalized spacial score (nSPS) is 10.7. The van der Waals surface area contributed by atoms with E-state index in [4.69, 9.17) is 10.3 Å². The van der Waals surface area contributed by atoms with Crippen molar-refractivity contribution < 1.29 is 9.32 Å². The van der Waals surface area contributed by atoms with Gasteiger partial charge in [0.15, 0.2) is 5.82 Å². The summed E-state index contributed by atoms with van der Waals surface area (Å²) >= 11 is 0.